The largest absolute Gasteiger partial charge is 0.462 e. The SMILES string of the molecule is CC/C=C\C/C=C\C/C=C\C/C=C\C/C=C\C/C=C\C/C=C\C/C=C\C/C=C\C/C=C\CCCCC(=O)OCC(COC(=O)CCCCCCC/C=C\CCCCCC)OC(=O)CC/C=C\C/C=C\C/C=C\C/C=C\C/C=C\C/C=C\CC. The van der Waals surface area contributed by atoms with E-state index in [-0.39, 0.29) is 38.0 Å². The van der Waals surface area contributed by atoms with E-state index >= 15 is 0 Å². The summed E-state index contributed by atoms with van der Waals surface area (Å²) >= 11 is 0. The minimum Gasteiger partial charge on any atom is -0.462 e. The number of unbranched alkanes of at least 4 members (excludes halogenated alkanes) is 11. The molecular formula is C77H116O6. The number of hydrogen-bond acceptors (Lipinski definition) is 6. The zero-order chi connectivity index (χ0) is 59.9. The molecule has 0 aliphatic rings. The van der Waals surface area contributed by atoms with Crippen molar-refractivity contribution in [3.05, 3.63) is 207 Å². The summed E-state index contributed by atoms with van der Waals surface area (Å²) in [4.78, 5) is 38.2. The summed E-state index contributed by atoms with van der Waals surface area (Å²) < 4.78 is 16.8. The van der Waals surface area contributed by atoms with Crippen LogP contribution in [0.3, 0.4) is 0 Å². The Labute approximate surface area is 509 Å². The standard InChI is InChI=1S/C77H116O6/c1-4-7-10-13-16-19-22-25-27-29-31-32-33-34-35-36-37-38-39-40-41-42-43-44-46-47-49-52-55-58-61-64-67-70-76(79)82-73-74(72-81-75(78)69-66-63-60-57-54-51-24-21-18-15-12-9-6-3)83-77(80)71-68-65-62-59-56-53-50-48-45-30-28-26-23-20-17-14-11-8-5-2/h7-8,10-11,16-17,19-21,24-28,31-32,34-35,37-38,40-41,43-45,47-49,53,55-56,58,62,65,74H,4-6,9,12-15,18,22-23,29-30,33,36,39,42,46,50-52,54,57,59-61,63-64,66-73H2,1-3H3/b10-7-,11-8-,19-16-,20-17-,24-21-,27-25-,28-26-,32-31-,35-34-,38-37-,41-40-,44-43-,48-45-,49-47-,56-53-,58-55-,65-62-. The molecule has 0 aromatic heterocycles. The van der Waals surface area contributed by atoms with Crippen molar-refractivity contribution in [2.75, 3.05) is 13.2 Å². The molecule has 0 fully saturated rings. The monoisotopic (exact) mass is 1140 g/mol. The summed E-state index contributed by atoms with van der Waals surface area (Å²) in [5, 5.41) is 0. The van der Waals surface area contributed by atoms with Gasteiger partial charge >= 0.3 is 17.9 Å². The molecule has 0 amide bonds. The normalized spacial score (nSPS) is 13.5. The molecule has 1 atom stereocenters. The van der Waals surface area contributed by atoms with Crippen molar-refractivity contribution in [1.82, 2.24) is 0 Å². The molecule has 0 heterocycles. The number of hydrogen-bond donors (Lipinski definition) is 0. The molecule has 0 bridgehead atoms. The Morgan fingerprint density at radius 1 is 0.253 bits per heavy atom. The highest BCUT2D eigenvalue weighted by molar-refractivity contribution is 5.71. The van der Waals surface area contributed by atoms with Crippen molar-refractivity contribution in [3.63, 3.8) is 0 Å². The van der Waals surface area contributed by atoms with Crippen molar-refractivity contribution in [1.29, 1.82) is 0 Å². The zero-order valence-electron chi connectivity index (χ0n) is 52.6. The van der Waals surface area contributed by atoms with E-state index in [9.17, 15) is 14.4 Å². The van der Waals surface area contributed by atoms with Crippen LogP contribution in [0, 0.1) is 0 Å². The highest BCUT2D eigenvalue weighted by Crippen LogP contribution is 2.12. The number of ether oxygens (including phenoxy) is 3. The van der Waals surface area contributed by atoms with Crippen LogP contribution in [0.1, 0.15) is 239 Å². The molecule has 0 rings (SSSR count). The van der Waals surface area contributed by atoms with E-state index in [4.69, 9.17) is 14.2 Å². The van der Waals surface area contributed by atoms with Gasteiger partial charge in [-0.2, -0.15) is 0 Å². The fourth-order valence-corrected chi connectivity index (χ4v) is 7.96. The predicted molar refractivity (Wildman–Crippen MR) is 361 cm³/mol. The summed E-state index contributed by atoms with van der Waals surface area (Å²) in [5.74, 6) is -1.09. The van der Waals surface area contributed by atoms with Crippen LogP contribution in [0.4, 0.5) is 0 Å². The first-order chi connectivity index (χ1) is 41.0. The van der Waals surface area contributed by atoms with E-state index in [0.717, 1.165) is 148 Å². The van der Waals surface area contributed by atoms with Gasteiger partial charge in [0.1, 0.15) is 13.2 Å². The molecule has 460 valence electrons. The van der Waals surface area contributed by atoms with Crippen molar-refractivity contribution >= 4 is 17.9 Å². The Morgan fingerprint density at radius 2 is 0.494 bits per heavy atom. The number of carbonyl (C=O) groups is 3. The molecular weight excluding hydrogens is 1020 g/mol. The summed E-state index contributed by atoms with van der Waals surface area (Å²) in [5.41, 5.74) is 0. The third kappa shape index (κ3) is 66.7. The Morgan fingerprint density at radius 3 is 0.819 bits per heavy atom. The molecule has 0 aliphatic heterocycles. The van der Waals surface area contributed by atoms with Gasteiger partial charge in [-0.15, -0.1) is 0 Å². The van der Waals surface area contributed by atoms with Gasteiger partial charge in [-0.25, -0.2) is 0 Å². The van der Waals surface area contributed by atoms with E-state index in [2.05, 4.69) is 215 Å². The number of allylic oxidation sites excluding steroid dienone is 34. The number of rotatable bonds is 56. The first-order valence-corrected chi connectivity index (χ1v) is 32.6. The lowest BCUT2D eigenvalue weighted by Gasteiger charge is -2.18. The molecule has 0 aromatic carbocycles. The second kappa shape index (κ2) is 68.5. The van der Waals surface area contributed by atoms with Crippen molar-refractivity contribution in [2.45, 2.75) is 245 Å². The summed E-state index contributed by atoms with van der Waals surface area (Å²) in [6.07, 6.45) is 106. The summed E-state index contributed by atoms with van der Waals surface area (Å²) in [7, 11) is 0. The highest BCUT2D eigenvalue weighted by Gasteiger charge is 2.19. The molecule has 1 unspecified atom stereocenters. The van der Waals surface area contributed by atoms with E-state index in [1.165, 1.54) is 38.5 Å². The fourth-order valence-electron chi connectivity index (χ4n) is 7.96. The topological polar surface area (TPSA) is 78.9 Å². The second-order valence-electron chi connectivity index (χ2n) is 20.5. The van der Waals surface area contributed by atoms with E-state index < -0.39 is 12.1 Å². The Balaban J connectivity index is 4.51. The lowest BCUT2D eigenvalue weighted by Crippen LogP contribution is -2.30. The summed E-state index contributed by atoms with van der Waals surface area (Å²) in [6, 6.07) is 0. The first kappa shape index (κ1) is 77.0. The van der Waals surface area contributed by atoms with Crippen LogP contribution in [0.25, 0.3) is 0 Å². The average Bonchev–Trinajstić information content (AvgIpc) is 3.49. The maximum Gasteiger partial charge on any atom is 0.306 e. The molecule has 0 N–H and O–H groups in total. The molecule has 6 nitrogen and oxygen atoms in total. The third-order valence-corrected chi connectivity index (χ3v) is 12.8. The van der Waals surface area contributed by atoms with Gasteiger partial charge in [0.2, 0.25) is 0 Å². The zero-order valence-corrected chi connectivity index (χ0v) is 52.6. The average molecular weight is 1140 g/mol. The van der Waals surface area contributed by atoms with Gasteiger partial charge in [-0.1, -0.05) is 266 Å². The minimum atomic E-state index is -0.853. The Hall–Kier alpha value is -6.01. The summed E-state index contributed by atoms with van der Waals surface area (Å²) in [6.45, 7) is 6.27. The van der Waals surface area contributed by atoms with Gasteiger partial charge < -0.3 is 14.2 Å². The molecule has 83 heavy (non-hydrogen) atoms. The first-order valence-electron chi connectivity index (χ1n) is 32.6. The van der Waals surface area contributed by atoms with Gasteiger partial charge in [-0.3, -0.25) is 14.4 Å². The van der Waals surface area contributed by atoms with Crippen LogP contribution >= 0.6 is 0 Å². The van der Waals surface area contributed by atoms with Crippen LogP contribution in [-0.2, 0) is 28.6 Å². The van der Waals surface area contributed by atoms with Gasteiger partial charge in [0.05, 0.1) is 0 Å². The Bertz CT molecular complexity index is 2030. The van der Waals surface area contributed by atoms with Crippen molar-refractivity contribution in [3.8, 4) is 0 Å². The van der Waals surface area contributed by atoms with Gasteiger partial charge in [0.15, 0.2) is 6.10 Å². The molecule has 0 aromatic rings. The third-order valence-electron chi connectivity index (χ3n) is 12.8. The molecule has 6 heteroatoms. The van der Waals surface area contributed by atoms with Crippen LogP contribution in [-0.4, -0.2) is 37.2 Å². The van der Waals surface area contributed by atoms with E-state index in [1.807, 2.05) is 12.2 Å². The lowest BCUT2D eigenvalue weighted by atomic mass is 10.1. The molecule has 0 radical (unpaired) electrons. The lowest BCUT2D eigenvalue weighted by molar-refractivity contribution is -0.166. The van der Waals surface area contributed by atoms with Crippen LogP contribution in [0.5, 0.6) is 0 Å². The quantitative estimate of drug-likeness (QED) is 0.0261. The van der Waals surface area contributed by atoms with Crippen LogP contribution in [0.2, 0.25) is 0 Å². The van der Waals surface area contributed by atoms with Crippen molar-refractivity contribution < 1.29 is 28.6 Å². The maximum atomic E-state index is 12.9. The molecule has 0 saturated carbocycles. The second-order valence-corrected chi connectivity index (χ2v) is 20.5. The Kier molecular flexibility index (Phi) is 63.5. The number of carbonyl (C=O) groups excluding carboxylic acids is 3. The van der Waals surface area contributed by atoms with Gasteiger partial charge in [0.25, 0.3) is 0 Å². The fraction of sp³-hybridized carbons (Fsp3) is 0.519. The van der Waals surface area contributed by atoms with Gasteiger partial charge in [0, 0.05) is 19.3 Å². The van der Waals surface area contributed by atoms with E-state index in [1.54, 1.807) is 0 Å². The maximum absolute atomic E-state index is 12.9. The number of esters is 3. The minimum absolute atomic E-state index is 0.137. The highest BCUT2D eigenvalue weighted by atomic mass is 16.6. The van der Waals surface area contributed by atoms with E-state index in [0.29, 0.717) is 19.3 Å². The molecule has 0 spiro atoms. The predicted octanol–water partition coefficient (Wildman–Crippen LogP) is 22.8. The molecule has 0 aliphatic carbocycles. The van der Waals surface area contributed by atoms with Gasteiger partial charge in [-0.05, 0) is 161 Å². The van der Waals surface area contributed by atoms with Crippen LogP contribution in [0.15, 0.2) is 207 Å². The van der Waals surface area contributed by atoms with Crippen LogP contribution < -0.4 is 0 Å². The van der Waals surface area contributed by atoms with Crippen molar-refractivity contribution in [2.24, 2.45) is 0 Å². The smallest absolute Gasteiger partial charge is 0.306 e. The molecule has 0 saturated heterocycles.